The lowest BCUT2D eigenvalue weighted by Crippen LogP contribution is -2.15. The van der Waals surface area contributed by atoms with E-state index < -0.39 is 11.6 Å². The third-order valence-corrected chi connectivity index (χ3v) is 1.78. The third-order valence-electron chi connectivity index (χ3n) is 1.78. The second kappa shape index (κ2) is 5.36. The number of benzene rings is 1. The van der Waals surface area contributed by atoms with Gasteiger partial charge in [-0.15, -0.1) is 12.3 Å². The summed E-state index contributed by atoms with van der Waals surface area (Å²) in [5.41, 5.74) is 0.448. The first kappa shape index (κ1) is 10.7. The summed E-state index contributed by atoms with van der Waals surface area (Å²) in [5, 5.41) is 2.96. The van der Waals surface area contributed by atoms with Crippen molar-refractivity contribution in [3.05, 3.63) is 35.4 Å². The van der Waals surface area contributed by atoms with Crippen LogP contribution in [0.1, 0.15) is 12.0 Å². The molecule has 0 aliphatic heterocycles. The predicted octanol–water partition coefficient (Wildman–Crippen LogP) is 2.08. The van der Waals surface area contributed by atoms with Crippen LogP contribution in [0.25, 0.3) is 0 Å². The summed E-state index contributed by atoms with van der Waals surface area (Å²) in [5.74, 6) is 1.37. The van der Waals surface area contributed by atoms with Crippen LogP contribution >= 0.6 is 0 Å². The number of nitrogens with one attached hydrogen (secondary N) is 1. The van der Waals surface area contributed by atoms with Gasteiger partial charge >= 0.3 is 0 Å². The van der Waals surface area contributed by atoms with Crippen molar-refractivity contribution in [2.24, 2.45) is 0 Å². The van der Waals surface area contributed by atoms with Crippen LogP contribution in [0.15, 0.2) is 18.2 Å². The van der Waals surface area contributed by atoms with Crippen molar-refractivity contribution in [3.63, 3.8) is 0 Å². The van der Waals surface area contributed by atoms with E-state index in [0.29, 0.717) is 25.1 Å². The molecule has 0 atom stereocenters. The average molecular weight is 195 g/mol. The molecule has 0 amide bonds. The number of hydrogen-bond donors (Lipinski definition) is 1. The zero-order valence-corrected chi connectivity index (χ0v) is 7.69. The van der Waals surface area contributed by atoms with Gasteiger partial charge in [-0.3, -0.25) is 0 Å². The van der Waals surface area contributed by atoms with Crippen molar-refractivity contribution < 1.29 is 8.78 Å². The Hall–Kier alpha value is -1.40. The highest BCUT2D eigenvalue weighted by atomic mass is 19.1. The smallest absolute Gasteiger partial charge is 0.130 e. The molecule has 14 heavy (non-hydrogen) atoms. The summed E-state index contributed by atoms with van der Waals surface area (Å²) in [7, 11) is 0. The Kier molecular flexibility index (Phi) is 4.09. The molecule has 0 spiro atoms. The van der Waals surface area contributed by atoms with E-state index in [9.17, 15) is 8.78 Å². The summed E-state index contributed by atoms with van der Waals surface area (Å²) in [6.45, 7) is 1.00. The maximum Gasteiger partial charge on any atom is 0.130 e. The number of halogens is 2. The molecule has 0 unspecified atom stereocenters. The molecule has 0 bridgehead atoms. The van der Waals surface area contributed by atoms with Gasteiger partial charge in [0.05, 0.1) is 0 Å². The molecule has 0 heterocycles. The van der Waals surface area contributed by atoms with Gasteiger partial charge in [0.25, 0.3) is 0 Å². The zero-order valence-electron chi connectivity index (χ0n) is 7.69. The van der Waals surface area contributed by atoms with Crippen molar-refractivity contribution in [1.29, 1.82) is 0 Å². The molecular formula is C11H11F2N. The summed E-state index contributed by atoms with van der Waals surface area (Å²) in [6, 6.07) is 3.53. The predicted molar refractivity (Wildman–Crippen MR) is 51.5 cm³/mol. The molecule has 1 aromatic carbocycles. The van der Waals surface area contributed by atoms with Crippen molar-refractivity contribution in [3.8, 4) is 12.3 Å². The van der Waals surface area contributed by atoms with Crippen LogP contribution in [0.4, 0.5) is 8.78 Å². The van der Waals surface area contributed by atoms with E-state index in [-0.39, 0.29) is 0 Å². The second-order valence-electron chi connectivity index (χ2n) is 2.87. The van der Waals surface area contributed by atoms with Crippen LogP contribution in [0.2, 0.25) is 0 Å². The third kappa shape index (κ3) is 3.15. The van der Waals surface area contributed by atoms with Crippen molar-refractivity contribution in [2.75, 3.05) is 6.54 Å². The first-order chi connectivity index (χ1) is 6.74. The average Bonchev–Trinajstić information content (AvgIpc) is 2.15. The lowest BCUT2D eigenvalue weighted by atomic mass is 10.2. The van der Waals surface area contributed by atoms with E-state index in [1.54, 1.807) is 0 Å². The normalized spacial score (nSPS) is 9.79. The van der Waals surface area contributed by atoms with Gasteiger partial charge in [0.15, 0.2) is 0 Å². The Bertz CT molecular complexity index is 342. The molecule has 0 saturated heterocycles. The topological polar surface area (TPSA) is 12.0 Å². The Morgan fingerprint density at radius 2 is 2.14 bits per heavy atom. The van der Waals surface area contributed by atoms with E-state index in [1.807, 2.05) is 0 Å². The van der Waals surface area contributed by atoms with Crippen LogP contribution < -0.4 is 5.32 Å². The largest absolute Gasteiger partial charge is 0.312 e. The van der Waals surface area contributed by atoms with Gasteiger partial charge in [-0.25, -0.2) is 8.78 Å². The minimum Gasteiger partial charge on any atom is -0.312 e. The molecule has 0 fully saturated rings. The van der Waals surface area contributed by atoms with Crippen LogP contribution in [0, 0.1) is 24.0 Å². The van der Waals surface area contributed by atoms with E-state index >= 15 is 0 Å². The molecule has 3 heteroatoms. The van der Waals surface area contributed by atoms with E-state index in [4.69, 9.17) is 6.42 Å². The molecule has 0 saturated carbocycles. The molecular weight excluding hydrogens is 184 g/mol. The van der Waals surface area contributed by atoms with Crippen molar-refractivity contribution in [1.82, 2.24) is 5.32 Å². The quantitative estimate of drug-likeness (QED) is 0.573. The minimum absolute atomic E-state index is 0.369. The molecule has 1 rings (SSSR count). The van der Waals surface area contributed by atoms with Crippen LogP contribution in [-0.4, -0.2) is 6.54 Å². The van der Waals surface area contributed by atoms with Gasteiger partial charge in [-0.1, -0.05) is 6.07 Å². The molecule has 0 aliphatic rings. The fourth-order valence-corrected chi connectivity index (χ4v) is 1.05. The van der Waals surface area contributed by atoms with Gasteiger partial charge in [0.1, 0.15) is 11.6 Å². The van der Waals surface area contributed by atoms with Crippen LogP contribution in [0.5, 0.6) is 0 Å². The minimum atomic E-state index is -0.560. The maximum atomic E-state index is 13.0. The molecule has 0 aromatic heterocycles. The lowest BCUT2D eigenvalue weighted by molar-refractivity contribution is 0.561. The van der Waals surface area contributed by atoms with Gasteiger partial charge in [-0.2, -0.15) is 0 Å². The Labute approximate surface area is 82.1 Å². The molecule has 1 nitrogen and oxygen atoms in total. The highest BCUT2D eigenvalue weighted by molar-refractivity contribution is 5.18. The molecule has 0 aliphatic carbocycles. The first-order valence-electron chi connectivity index (χ1n) is 4.32. The zero-order chi connectivity index (χ0) is 10.4. The summed E-state index contributed by atoms with van der Waals surface area (Å²) in [6.07, 6.45) is 5.64. The fraction of sp³-hybridized carbons (Fsp3) is 0.273. The fourth-order valence-electron chi connectivity index (χ4n) is 1.05. The highest BCUT2D eigenvalue weighted by Crippen LogP contribution is 2.08. The Morgan fingerprint density at radius 1 is 1.36 bits per heavy atom. The van der Waals surface area contributed by atoms with Gasteiger partial charge in [0.2, 0.25) is 0 Å². The van der Waals surface area contributed by atoms with Gasteiger partial charge in [0, 0.05) is 31.1 Å². The van der Waals surface area contributed by atoms with E-state index in [2.05, 4.69) is 11.2 Å². The van der Waals surface area contributed by atoms with E-state index in [0.717, 1.165) is 6.07 Å². The van der Waals surface area contributed by atoms with Crippen LogP contribution in [0.3, 0.4) is 0 Å². The first-order valence-corrected chi connectivity index (χ1v) is 4.32. The monoisotopic (exact) mass is 195 g/mol. The highest BCUT2D eigenvalue weighted by Gasteiger charge is 2.02. The second-order valence-corrected chi connectivity index (χ2v) is 2.87. The Balaban J connectivity index is 2.47. The number of rotatable bonds is 4. The van der Waals surface area contributed by atoms with E-state index in [1.165, 1.54) is 12.1 Å². The SMILES string of the molecule is C#CCCNCc1ccc(F)cc1F. The molecule has 74 valence electrons. The van der Waals surface area contributed by atoms with Gasteiger partial charge < -0.3 is 5.32 Å². The van der Waals surface area contributed by atoms with Crippen LogP contribution in [-0.2, 0) is 6.54 Å². The van der Waals surface area contributed by atoms with Crippen molar-refractivity contribution >= 4 is 0 Å². The standard InChI is InChI=1S/C11H11F2N/c1-2-3-6-14-8-9-4-5-10(12)7-11(9)13/h1,4-5,7,14H,3,6,8H2. The number of hydrogen-bond acceptors (Lipinski definition) is 1. The summed E-state index contributed by atoms with van der Waals surface area (Å²) >= 11 is 0. The Morgan fingerprint density at radius 3 is 2.79 bits per heavy atom. The van der Waals surface area contributed by atoms with Gasteiger partial charge in [-0.05, 0) is 6.07 Å². The summed E-state index contributed by atoms with van der Waals surface area (Å²) < 4.78 is 25.5. The van der Waals surface area contributed by atoms with Crippen molar-refractivity contribution in [2.45, 2.75) is 13.0 Å². The molecule has 0 radical (unpaired) electrons. The number of terminal acetylenes is 1. The lowest BCUT2D eigenvalue weighted by Gasteiger charge is -2.03. The maximum absolute atomic E-state index is 13.0. The molecule has 1 N–H and O–H groups in total. The molecule has 1 aromatic rings. The summed E-state index contributed by atoms with van der Waals surface area (Å²) in [4.78, 5) is 0.